The second-order valence-electron chi connectivity index (χ2n) is 4.42. The van der Waals surface area contributed by atoms with Crippen molar-refractivity contribution < 1.29 is 9.15 Å². The lowest BCUT2D eigenvalue weighted by atomic mass is 9.99. The molecule has 2 aromatic rings. The first-order chi connectivity index (χ1) is 9.15. The number of rotatable bonds is 5. The van der Waals surface area contributed by atoms with E-state index in [4.69, 9.17) is 14.9 Å². The van der Waals surface area contributed by atoms with Crippen LogP contribution in [0.15, 0.2) is 39.4 Å². The number of benzene rings is 1. The van der Waals surface area contributed by atoms with E-state index >= 15 is 0 Å². The number of hydrogen-bond donors (Lipinski definition) is 1. The highest BCUT2D eigenvalue weighted by Crippen LogP contribution is 2.28. The Morgan fingerprint density at radius 1 is 1.37 bits per heavy atom. The number of nitrogens with two attached hydrogens (primary N) is 1. The molecule has 0 aliphatic rings. The molecule has 1 aromatic heterocycles. The van der Waals surface area contributed by atoms with Crippen molar-refractivity contribution >= 4 is 15.9 Å². The van der Waals surface area contributed by atoms with Crippen LogP contribution in [0.1, 0.15) is 29.9 Å². The Kier molecular flexibility index (Phi) is 4.66. The van der Waals surface area contributed by atoms with Gasteiger partial charge in [0.1, 0.15) is 11.5 Å². The third-order valence-electron chi connectivity index (χ3n) is 3.18. The van der Waals surface area contributed by atoms with E-state index in [9.17, 15) is 0 Å². The number of hydrogen-bond acceptors (Lipinski definition) is 3. The Bertz CT molecular complexity index is 551. The minimum Gasteiger partial charge on any atom is -0.496 e. The predicted molar refractivity (Wildman–Crippen MR) is 79.4 cm³/mol. The fourth-order valence-corrected chi connectivity index (χ4v) is 2.63. The van der Waals surface area contributed by atoms with Crippen molar-refractivity contribution in [3.05, 3.63) is 51.9 Å². The Labute approximate surface area is 121 Å². The highest BCUT2D eigenvalue weighted by Gasteiger charge is 2.15. The summed E-state index contributed by atoms with van der Waals surface area (Å²) in [7, 11) is 1.67. The van der Waals surface area contributed by atoms with Gasteiger partial charge in [-0.15, -0.1) is 0 Å². The zero-order valence-electron chi connectivity index (χ0n) is 11.2. The maximum Gasteiger partial charge on any atom is 0.122 e. The number of halogens is 1. The summed E-state index contributed by atoms with van der Waals surface area (Å²) < 4.78 is 11.8. The summed E-state index contributed by atoms with van der Waals surface area (Å²) in [6.45, 7) is 2.06. The molecule has 3 nitrogen and oxygen atoms in total. The average Bonchev–Trinajstić information content (AvgIpc) is 2.87. The molecular formula is C15H18BrNO2. The van der Waals surface area contributed by atoms with Gasteiger partial charge in [-0.1, -0.05) is 22.9 Å². The minimum atomic E-state index is -0.0862. The van der Waals surface area contributed by atoms with Crippen LogP contribution in [0.2, 0.25) is 0 Å². The first-order valence-electron chi connectivity index (χ1n) is 6.30. The van der Waals surface area contributed by atoms with Crippen LogP contribution in [0.5, 0.6) is 5.75 Å². The molecule has 4 heteroatoms. The molecular weight excluding hydrogens is 306 g/mol. The average molecular weight is 324 g/mol. The number of ether oxygens (including phenoxy) is 1. The zero-order chi connectivity index (χ0) is 13.8. The van der Waals surface area contributed by atoms with Gasteiger partial charge >= 0.3 is 0 Å². The Morgan fingerprint density at radius 2 is 2.16 bits per heavy atom. The van der Waals surface area contributed by atoms with Gasteiger partial charge in [-0.3, -0.25) is 0 Å². The van der Waals surface area contributed by atoms with E-state index in [0.717, 1.165) is 40.0 Å². The topological polar surface area (TPSA) is 48.4 Å². The van der Waals surface area contributed by atoms with Crippen LogP contribution in [0.25, 0.3) is 0 Å². The summed E-state index contributed by atoms with van der Waals surface area (Å²) in [5, 5.41) is 0. The van der Waals surface area contributed by atoms with E-state index in [-0.39, 0.29) is 6.04 Å². The van der Waals surface area contributed by atoms with Crippen molar-refractivity contribution in [1.29, 1.82) is 0 Å². The summed E-state index contributed by atoms with van der Waals surface area (Å²) in [4.78, 5) is 0. The first-order valence-corrected chi connectivity index (χ1v) is 7.09. The van der Waals surface area contributed by atoms with E-state index in [2.05, 4.69) is 22.9 Å². The second-order valence-corrected chi connectivity index (χ2v) is 5.34. The van der Waals surface area contributed by atoms with Crippen LogP contribution in [0, 0.1) is 0 Å². The fraction of sp³-hybridized carbons (Fsp3) is 0.333. The van der Waals surface area contributed by atoms with Crippen molar-refractivity contribution in [2.75, 3.05) is 7.11 Å². The van der Waals surface area contributed by atoms with Crippen LogP contribution >= 0.6 is 15.9 Å². The molecule has 1 atom stereocenters. The van der Waals surface area contributed by atoms with Crippen molar-refractivity contribution in [3.8, 4) is 5.75 Å². The Hall–Kier alpha value is -1.26. The zero-order valence-corrected chi connectivity index (χ0v) is 12.7. The highest BCUT2D eigenvalue weighted by molar-refractivity contribution is 9.10. The highest BCUT2D eigenvalue weighted by atomic mass is 79.9. The van der Waals surface area contributed by atoms with Crippen LogP contribution in [-0.4, -0.2) is 7.11 Å². The molecule has 0 aliphatic heterocycles. The molecule has 0 saturated carbocycles. The van der Waals surface area contributed by atoms with E-state index < -0.39 is 0 Å². The number of furan rings is 1. The summed E-state index contributed by atoms with van der Waals surface area (Å²) in [5.74, 6) is 1.82. The van der Waals surface area contributed by atoms with Gasteiger partial charge in [-0.25, -0.2) is 0 Å². The summed E-state index contributed by atoms with van der Waals surface area (Å²) in [5.41, 5.74) is 8.45. The van der Waals surface area contributed by atoms with Crippen molar-refractivity contribution in [3.63, 3.8) is 0 Å². The molecule has 0 amide bonds. The molecule has 1 heterocycles. The molecule has 0 aliphatic carbocycles. The SMILES string of the molecule is CCc1occc1C(N)Cc1cc(Br)ccc1OC. The van der Waals surface area contributed by atoms with Gasteiger partial charge in [0.2, 0.25) is 0 Å². The predicted octanol–water partition coefficient (Wildman–Crippen LogP) is 3.86. The van der Waals surface area contributed by atoms with Crippen LogP contribution in [-0.2, 0) is 12.8 Å². The largest absolute Gasteiger partial charge is 0.496 e. The lowest BCUT2D eigenvalue weighted by Crippen LogP contribution is -2.14. The molecule has 0 saturated heterocycles. The summed E-state index contributed by atoms with van der Waals surface area (Å²) >= 11 is 3.48. The standard InChI is InChI=1S/C15H18BrNO2/c1-3-14-12(6-7-19-14)13(17)9-10-8-11(16)4-5-15(10)18-2/h4-8,13H,3,9,17H2,1-2H3. The first kappa shape index (κ1) is 14.2. The minimum absolute atomic E-state index is 0.0862. The van der Waals surface area contributed by atoms with Crippen molar-refractivity contribution in [2.24, 2.45) is 5.73 Å². The van der Waals surface area contributed by atoms with Gasteiger partial charge in [0.15, 0.2) is 0 Å². The van der Waals surface area contributed by atoms with Crippen LogP contribution < -0.4 is 10.5 Å². The Balaban J connectivity index is 2.23. The molecule has 1 unspecified atom stereocenters. The maximum absolute atomic E-state index is 6.29. The smallest absolute Gasteiger partial charge is 0.122 e. The summed E-state index contributed by atoms with van der Waals surface area (Å²) in [6.07, 6.45) is 3.27. The molecule has 0 bridgehead atoms. The lowest BCUT2D eigenvalue weighted by molar-refractivity contribution is 0.407. The lowest BCUT2D eigenvalue weighted by Gasteiger charge is -2.14. The molecule has 19 heavy (non-hydrogen) atoms. The molecule has 2 N–H and O–H groups in total. The fourth-order valence-electron chi connectivity index (χ4n) is 2.22. The Morgan fingerprint density at radius 3 is 2.84 bits per heavy atom. The van der Waals surface area contributed by atoms with Crippen molar-refractivity contribution in [2.45, 2.75) is 25.8 Å². The van der Waals surface area contributed by atoms with Gasteiger partial charge in [-0.2, -0.15) is 0 Å². The molecule has 2 rings (SSSR count). The van der Waals surface area contributed by atoms with Gasteiger partial charge in [0.25, 0.3) is 0 Å². The van der Waals surface area contributed by atoms with E-state index in [1.165, 1.54) is 0 Å². The third kappa shape index (κ3) is 3.19. The van der Waals surface area contributed by atoms with Crippen LogP contribution in [0.3, 0.4) is 0 Å². The molecule has 0 spiro atoms. The van der Waals surface area contributed by atoms with Gasteiger partial charge in [0, 0.05) is 22.5 Å². The van der Waals surface area contributed by atoms with E-state index in [1.807, 2.05) is 24.3 Å². The number of aryl methyl sites for hydroxylation is 1. The van der Waals surface area contributed by atoms with Gasteiger partial charge in [-0.05, 0) is 36.2 Å². The molecule has 1 aromatic carbocycles. The monoisotopic (exact) mass is 323 g/mol. The van der Waals surface area contributed by atoms with Gasteiger partial charge in [0.05, 0.1) is 13.4 Å². The maximum atomic E-state index is 6.29. The second kappa shape index (κ2) is 6.26. The molecule has 0 fully saturated rings. The molecule has 102 valence electrons. The van der Waals surface area contributed by atoms with Gasteiger partial charge < -0.3 is 14.9 Å². The number of methoxy groups -OCH3 is 1. The van der Waals surface area contributed by atoms with E-state index in [0.29, 0.717) is 0 Å². The summed E-state index contributed by atoms with van der Waals surface area (Å²) in [6, 6.07) is 7.82. The quantitative estimate of drug-likeness (QED) is 0.909. The normalized spacial score (nSPS) is 12.4. The van der Waals surface area contributed by atoms with Crippen LogP contribution in [0.4, 0.5) is 0 Å². The molecule has 0 radical (unpaired) electrons. The third-order valence-corrected chi connectivity index (χ3v) is 3.68. The van der Waals surface area contributed by atoms with Crippen molar-refractivity contribution in [1.82, 2.24) is 0 Å². The van der Waals surface area contributed by atoms with E-state index in [1.54, 1.807) is 13.4 Å².